The van der Waals surface area contributed by atoms with E-state index in [9.17, 15) is 9.59 Å². The molecule has 1 aromatic rings. The van der Waals surface area contributed by atoms with Crippen molar-refractivity contribution in [1.29, 1.82) is 0 Å². The van der Waals surface area contributed by atoms with Crippen LogP contribution >= 0.6 is 11.6 Å². The van der Waals surface area contributed by atoms with Crippen LogP contribution in [0.1, 0.15) is 26.3 Å². The fraction of sp³-hybridized carbons (Fsp3) is 0.600. The monoisotopic (exact) mass is 398 g/mol. The quantitative estimate of drug-likeness (QED) is 0.658. The van der Waals surface area contributed by atoms with E-state index in [2.05, 4.69) is 16.7 Å². The molecule has 0 radical (unpaired) electrons. The zero-order valence-corrected chi connectivity index (χ0v) is 17.3. The summed E-state index contributed by atoms with van der Waals surface area (Å²) in [6.45, 7) is 11.3. The highest BCUT2D eigenvalue weighted by atomic mass is 35.5. The van der Waals surface area contributed by atoms with Gasteiger partial charge in [0.15, 0.2) is 0 Å². The molecule has 7 heteroatoms. The van der Waals surface area contributed by atoms with Gasteiger partial charge in [-0.3, -0.25) is 19.4 Å². The maximum absolute atomic E-state index is 10.6. The number of benzene rings is 1. The van der Waals surface area contributed by atoms with Gasteiger partial charge in [0.2, 0.25) is 0 Å². The first kappa shape index (κ1) is 23.4. The van der Waals surface area contributed by atoms with Gasteiger partial charge in [-0.25, -0.2) is 0 Å². The van der Waals surface area contributed by atoms with Crippen molar-refractivity contribution in [3.8, 4) is 0 Å². The number of ether oxygens (including phenoxy) is 2. The maximum atomic E-state index is 10.6. The maximum Gasteiger partial charge on any atom is 0.302 e. The summed E-state index contributed by atoms with van der Waals surface area (Å²) in [6.07, 6.45) is 1.08. The average Bonchev–Trinajstić information content (AvgIpc) is 2.64. The van der Waals surface area contributed by atoms with E-state index < -0.39 is 0 Å². The first-order valence-electron chi connectivity index (χ1n) is 9.36. The fourth-order valence-electron chi connectivity index (χ4n) is 2.59. The first-order chi connectivity index (χ1) is 12.9. The number of hydrogen-bond acceptors (Lipinski definition) is 6. The molecule has 1 saturated heterocycles. The Kier molecular flexibility index (Phi) is 11.7. The molecule has 2 rings (SSSR count). The van der Waals surface area contributed by atoms with E-state index in [0.717, 1.165) is 50.7 Å². The Labute approximate surface area is 167 Å². The Morgan fingerprint density at radius 1 is 0.889 bits per heavy atom. The highest BCUT2D eigenvalue weighted by Gasteiger charge is 2.16. The minimum Gasteiger partial charge on any atom is -0.465 e. The van der Waals surface area contributed by atoms with Gasteiger partial charge in [-0.15, -0.1) is 0 Å². The molecule has 0 aliphatic carbocycles. The van der Waals surface area contributed by atoms with Crippen LogP contribution < -0.4 is 0 Å². The molecule has 152 valence electrons. The lowest BCUT2D eigenvalue weighted by Gasteiger charge is -2.34. The zero-order chi connectivity index (χ0) is 20.1. The van der Waals surface area contributed by atoms with Crippen LogP contribution in [-0.4, -0.2) is 74.2 Å². The summed E-state index contributed by atoms with van der Waals surface area (Å²) in [5.41, 5.74) is 1.33. The van der Waals surface area contributed by atoms with Gasteiger partial charge in [-0.2, -0.15) is 0 Å². The van der Waals surface area contributed by atoms with Crippen LogP contribution in [0.15, 0.2) is 24.3 Å². The van der Waals surface area contributed by atoms with Gasteiger partial charge in [0.1, 0.15) is 13.2 Å². The van der Waals surface area contributed by atoms with E-state index in [1.54, 1.807) is 0 Å². The van der Waals surface area contributed by atoms with Crippen molar-refractivity contribution in [3.05, 3.63) is 34.9 Å². The van der Waals surface area contributed by atoms with Gasteiger partial charge >= 0.3 is 11.9 Å². The number of hydrogen-bond donors (Lipinski definition) is 0. The number of esters is 2. The average molecular weight is 399 g/mol. The Morgan fingerprint density at radius 3 is 1.63 bits per heavy atom. The third-order valence-electron chi connectivity index (χ3n) is 4.21. The van der Waals surface area contributed by atoms with Crippen LogP contribution in [0.4, 0.5) is 0 Å². The molecule has 27 heavy (non-hydrogen) atoms. The van der Waals surface area contributed by atoms with Gasteiger partial charge in [-0.05, 0) is 24.1 Å². The summed E-state index contributed by atoms with van der Waals surface area (Å²) in [6, 6.07) is 7.92. The van der Waals surface area contributed by atoms with Crippen LogP contribution in [0.25, 0.3) is 0 Å². The molecule has 1 fully saturated rings. The molecule has 6 nitrogen and oxygen atoms in total. The van der Waals surface area contributed by atoms with E-state index in [1.807, 2.05) is 24.3 Å². The molecular formula is C20H31ClN2O4. The minimum absolute atomic E-state index is 0.227. The van der Waals surface area contributed by atoms with Crippen molar-refractivity contribution in [3.63, 3.8) is 0 Å². The largest absolute Gasteiger partial charge is 0.465 e. The number of aryl methyl sites for hydroxylation is 1. The first-order valence-corrected chi connectivity index (χ1v) is 9.74. The Morgan fingerprint density at radius 2 is 1.30 bits per heavy atom. The second-order valence-electron chi connectivity index (χ2n) is 6.34. The molecule has 0 bridgehead atoms. The number of rotatable bonds is 7. The molecular weight excluding hydrogens is 368 g/mol. The van der Waals surface area contributed by atoms with Crippen LogP contribution in [0.3, 0.4) is 0 Å². The van der Waals surface area contributed by atoms with Crippen molar-refractivity contribution in [2.45, 2.75) is 27.2 Å². The summed E-state index contributed by atoms with van der Waals surface area (Å²) in [7, 11) is 0. The Bertz CT molecular complexity index is 530. The number of halogens is 1. The van der Waals surface area contributed by atoms with E-state index in [-0.39, 0.29) is 11.9 Å². The fourth-order valence-corrected chi connectivity index (χ4v) is 2.72. The van der Waals surface area contributed by atoms with Gasteiger partial charge in [0, 0.05) is 58.1 Å². The van der Waals surface area contributed by atoms with E-state index in [4.69, 9.17) is 21.1 Å². The summed E-state index contributed by atoms with van der Waals surface area (Å²) < 4.78 is 9.82. The van der Waals surface area contributed by atoms with E-state index >= 15 is 0 Å². The van der Waals surface area contributed by atoms with Gasteiger partial charge in [-0.1, -0.05) is 30.7 Å². The summed E-state index contributed by atoms with van der Waals surface area (Å²) in [5.74, 6) is -0.454. The smallest absolute Gasteiger partial charge is 0.302 e. The van der Waals surface area contributed by atoms with Crippen LogP contribution in [0.2, 0.25) is 5.02 Å². The van der Waals surface area contributed by atoms with Crippen molar-refractivity contribution < 1.29 is 19.1 Å². The molecule has 0 amide bonds. The summed E-state index contributed by atoms with van der Waals surface area (Å²) in [4.78, 5) is 25.8. The highest BCUT2D eigenvalue weighted by molar-refractivity contribution is 6.30. The molecule has 1 aliphatic rings. The molecule has 0 atom stereocenters. The number of carbonyl (C=O) groups is 2. The molecule has 1 heterocycles. The van der Waals surface area contributed by atoms with Gasteiger partial charge in [0.05, 0.1) is 0 Å². The second kappa shape index (κ2) is 13.5. The SMILES string of the molecule is CC(=O)OCCN1CCN(CCOC(C)=O)CC1.CCc1ccc(Cl)cc1. The second-order valence-corrected chi connectivity index (χ2v) is 6.78. The Hall–Kier alpha value is -1.63. The van der Waals surface area contributed by atoms with Crippen LogP contribution in [0.5, 0.6) is 0 Å². The van der Waals surface area contributed by atoms with Crippen molar-refractivity contribution in [1.82, 2.24) is 9.80 Å². The van der Waals surface area contributed by atoms with E-state index in [0.29, 0.717) is 13.2 Å². The van der Waals surface area contributed by atoms with Crippen LogP contribution in [-0.2, 0) is 25.5 Å². The lowest BCUT2D eigenvalue weighted by Crippen LogP contribution is -2.48. The molecule has 0 spiro atoms. The molecule has 0 saturated carbocycles. The highest BCUT2D eigenvalue weighted by Crippen LogP contribution is 2.09. The molecule has 0 aromatic heterocycles. The minimum atomic E-state index is -0.227. The number of nitrogens with zero attached hydrogens (tertiary/aromatic N) is 2. The third-order valence-corrected chi connectivity index (χ3v) is 4.46. The van der Waals surface area contributed by atoms with Gasteiger partial charge in [0.25, 0.3) is 0 Å². The van der Waals surface area contributed by atoms with Crippen molar-refractivity contribution in [2.75, 3.05) is 52.5 Å². The molecule has 1 aliphatic heterocycles. The Balaban J connectivity index is 0.000000337. The topological polar surface area (TPSA) is 59.1 Å². The standard InChI is InChI=1S/C12H22N2O4.C8H9Cl/c1-11(15)17-9-7-13-3-5-14(6-4-13)8-10-18-12(2)16;1-2-7-3-5-8(9)6-4-7/h3-10H2,1-2H3;3-6H,2H2,1H3. The van der Waals surface area contributed by atoms with Gasteiger partial charge < -0.3 is 9.47 Å². The predicted octanol–water partition coefficient (Wildman–Crippen LogP) is 2.63. The van der Waals surface area contributed by atoms with Crippen molar-refractivity contribution in [2.24, 2.45) is 0 Å². The predicted molar refractivity (Wildman–Crippen MR) is 107 cm³/mol. The number of piperazine rings is 1. The molecule has 0 N–H and O–H groups in total. The van der Waals surface area contributed by atoms with E-state index in [1.165, 1.54) is 19.4 Å². The third kappa shape index (κ3) is 11.6. The van der Waals surface area contributed by atoms with Crippen molar-refractivity contribution >= 4 is 23.5 Å². The number of carbonyl (C=O) groups excluding carboxylic acids is 2. The zero-order valence-electron chi connectivity index (χ0n) is 16.6. The normalized spacial score (nSPS) is 14.8. The summed E-state index contributed by atoms with van der Waals surface area (Å²) >= 11 is 5.67. The summed E-state index contributed by atoms with van der Waals surface area (Å²) in [5, 5.41) is 0.812. The lowest BCUT2D eigenvalue weighted by atomic mass is 10.2. The molecule has 1 aromatic carbocycles. The van der Waals surface area contributed by atoms with Crippen LogP contribution in [0, 0.1) is 0 Å². The lowest BCUT2D eigenvalue weighted by molar-refractivity contribution is -0.142. The molecule has 0 unspecified atom stereocenters.